The lowest BCUT2D eigenvalue weighted by molar-refractivity contribution is 0.304. The van der Waals surface area contributed by atoms with Crippen LogP contribution in [0.1, 0.15) is 110 Å². The normalized spacial score (nSPS) is 11.7. The fourth-order valence-electron chi connectivity index (χ4n) is 3.57. The summed E-state index contributed by atoms with van der Waals surface area (Å²) < 4.78 is 28.1. The van der Waals surface area contributed by atoms with Crippen molar-refractivity contribution in [3.8, 4) is 5.75 Å². The molecular formula is C24H43NO3S. The molecule has 1 rings (SSSR count). The molecule has 0 saturated carbocycles. The van der Waals surface area contributed by atoms with Gasteiger partial charge in [0.15, 0.2) is 0 Å². The number of benzene rings is 1. The zero-order valence-electron chi connectivity index (χ0n) is 18.5. The fraction of sp³-hybridized carbons (Fsp3) is 0.750. The van der Waals surface area contributed by atoms with Gasteiger partial charge in [-0.05, 0) is 30.7 Å². The van der Waals surface area contributed by atoms with Gasteiger partial charge in [0.25, 0.3) is 0 Å². The summed E-state index contributed by atoms with van der Waals surface area (Å²) in [4.78, 5) is 0.118. The number of nitrogens with two attached hydrogens (primary N) is 1. The van der Waals surface area contributed by atoms with Crippen LogP contribution in [0.2, 0.25) is 0 Å². The third-order valence-electron chi connectivity index (χ3n) is 5.42. The van der Waals surface area contributed by atoms with Crippen LogP contribution >= 0.6 is 0 Å². The van der Waals surface area contributed by atoms with Crippen LogP contribution in [0, 0.1) is 0 Å². The monoisotopic (exact) mass is 425 g/mol. The highest BCUT2D eigenvalue weighted by molar-refractivity contribution is 7.89. The van der Waals surface area contributed by atoms with E-state index in [-0.39, 0.29) is 4.90 Å². The van der Waals surface area contributed by atoms with Crippen molar-refractivity contribution >= 4 is 10.0 Å². The van der Waals surface area contributed by atoms with E-state index in [2.05, 4.69) is 6.92 Å². The van der Waals surface area contributed by atoms with Crippen molar-refractivity contribution in [3.05, 3.63) is 24.3 Å². The van der Waals surface area contributed by atoms with Crippen LogP contribution in [-0.2, 0) is 10.0 Å². The Balaban J connectivity index is 1.83. The summed E-state index contributed by atoms with van der Waals surface area (Å²) in [6, 6.07) is 6.29. The summed E-state index contributed by atoms with van der Waals surface area (Å²) in [5.41, 5.74) is 0. The Morgan fingerprint density at radius 3 is 1.41 bits per heavy atom. The summed E-state index contributed by atoms with van der Waals surface area (Å²) >= 11 is 0. The maximum atomic E-state index is 11.2. The number of rotatable bonds is 19. The average molecular weight is 426 g/mol. The summed E-state index contributed by atoms with van der Waals surface area (Å²) in [6.45, 7) is 2.95. The first-order valence-electron chi connectivity index (χ1n) is 11.8. The molecule has 168 valence electrons. The molecular weight excluding hydrogens is 382 g/mol. The first-order chi connectivity index (χ1) is 14.0. The third kappa shape index (κ3) is 14.5. The molecule has 1 aromatic carbocycles. The number of ether oxygens (including phenoxy) is 1. The maximum Gasteiger partial charge on any atom is 0.238 e. The van der Waals surface area contributed by atoms with Crippen LogP contribution in [0.15, 0.2) is 29.2 Å². The quantitative estimate of drug-likeness (QED) is 0.243. The molecule has 0 radical (unpaired) electrons. The Morgan fingerprint density at radius 1 is 0.655 bits per heavy atom. The standard InChI is InChI=1S/C24H43NO3S/c1-2-3-4-5-6-7-8-9-10-11-12-13-14-15-16-17-22-28-23-18-20-24(21-19-23)29(25,26)27/h18-21H,2-17,22H2,1H3,(H2,25,26,27). The largest absolute Gasteiger partial charge is 0.494 e. The maximum absolute atomic E-state index is 11.2. The topological polar surface area (TPSA) is 69.4 Å². The number of hydrogen-bond acceptors (Lipinski definition) is 3. The molecule has 0 aliphatic carbocycles. The number of hydrogen-bond donors (Lipinski definition) is 1. The predicted molar refractivity (Wildman–Crippen MR) is 123 cm³/mol. The van der Waals surface area contributed by atoms with Crippen molar-refractivity contribution in [3.63, 3.8) is 0 Å². The molecule has 0 aromatic heterocycles. The Morgan fingerprint density at radius 2 is 1.03 bits per heavy atom. The van der Waals surface area contributed by atoms with E-state index >= 15 is 0 Å². The Kier molecular flexibility index (Phi) is 15.0. The molecule has 0 atom stereocenters. The molecule has 0 unspecified atom stereocenters. The Labute approximate surface area is 179 Å². The van der Waals surface area contributed by atoms with Crippen LogP contribution in [0.4, 0.5) is 0 Å². The van der Waals surface area contributed by atoms with E-state index < -0.39 is 10.0 Å². The average Bonchev–Trinajstić information content (AvgIpc) is 2.70. The zero-order chi connectivity index (χ0) is 21.2. The molecule has 0 bridgehead atoms. The minimum Gasteiger partial charge on any atom is -0.494 e. The van der Waals surface area contributed by atoms with Crippen LogP contribution < -0.4 is 9.88 Å². The molecule has 1 aromatic rings. The van der Waals surface area contributed by atoms with Gasteiger partial charge in [0.05, 0.1) is 11.5 Å². The van der Waals surface area contributed by atoms with E-state index in [0.29, 0.717) is 12.4 Å². The molecule has 2 N–H and O–H groups in total. The van der Waals surface area contributed by atoms with Gasteiger partial charge < -0.3 is 4.74 Å². The van der Waals surface area contributed by atoms with Crippen LogP contribution in [0.25, 0.3) is 0 Å². The third-order valence-corrected chi connectivity index (χ3v) is 6.35. The summed E-state index contributed by atoms with van der Waals surface area (Å²) in [7, 11) is -3.63. The summed E-state index contributed by atoms with van der Waals surface area (Å²) in [6.07, 6.45) is 21.7. The first kappa shape index (κ1) is 26.0. The van der Waals surface area contributed by atoms with Gasteiger partial charge in [0.2, 0.25) is 10.0 Å². The number of primary sulfonamides is 1. The molecule has 0 aliphatic heterocycles. The van der Waals surface area contributed by atoms with Crippen LogP contribution in [-0.4, -0.2) is 15.0 Å². The van der Waals surface area contributed by atoms with Gasteiger partial charge in [-0.25, -0.2) is 13.6 Å². The van der Waals surface area contributed by atoms with Crippen molar-refractivity contribution in [1.82, 2.24) is 0 Å². The molecule has 0 aliphatic rings. The van der Waals surface area contributed by atoms with Gasteiger partial charge in [-0.3, -0.25) is 0 Å². The SMILES string of the molecule is CCCCCCCCCCCCCCCCCCOc1ccc(S(N)(=O)=O)cc1. The molecule has 4 nitrogen and oxygen atoms in total. The van der Waals surface area contributed by atoms with Gasteiger partial charge in [-0.1, -0.05) is 103 Å². The Hall–Kier alpha value is -1.07. The van der Waals surface area contributed by atoms with E-state index in [0.717, 1.165) is 6.42 Å². The van der Waals surface area contributed by atoms with Crippen LogP contribution in [0.3, 0.4) is 0 Å². The molecule has 5 heteroatoms. The van der Waals surface area contributed by atoms with Gasteiger partial charge in [-0.2, -0.15) is 0 Å². The van der Waals surface area contributed by atoms with Gasteiger partial charge in [0.1, 0.15) is 5.75 Å². The van der Waals surface area contributed by atoms with Crippen molar-refractivity contribution in [2.24, 2.45) is 5.14 Å². The lowest BCUT2D eigenvalue weighted by atomic mass is 10.0. The van der Waals surface area contributed by atoms with Gasteiger partial charge in [0, 0.05) is 0 Å². The summed E-state index contributed by atoms with van der Waals surface area (Å²) in [5, 5.41) is 5.08. The van der Waals surface area contributed by atoms with E-state index in [1.807, 2.05) is 0 Å². The molecule has 0 amide bonds. The molecule has 0 fully saturated rings. The summed E-state index contributed by atoms with van der Waals surface area (Å²) in [5.74, 6) is 0.693. The van der Waals surface area contributed by atoms with Crippen molar-refractivity contribution in [2.75, 3.05) is 6.61 Å². The second kappa shape index (κ2) is 16.7. The zero-order valence-corrected chi connectivity index (χ0v) is 19.4. The molecule has 0 spiro atoms. The highest BCUT2D eigenvalue weighted by Crippen LogP contribution is 2.16. The molecule has 0 saturated heterocycles. The Bertz CT molecular complexity index is 599. The highest BCUT2D eigenvalue weighted by atomic mass is 32.2. The molecule has 0 heterocycles. The van der Waals surface area contributed by atoms with Gasteiger partial charge in [-0.15, -0.1) is 0 Å². The van der Waals surface area contributed by atoms with Crippen molar-refractivity contribution < 1.29 is 13.2 Å². The minimum atomic E-state index is -3.63. The lowest BCUT2D eigenvalue weighted by Crippen LogP contribution is -2.11. The van der Waals surface area contributed by atoms with E-state index in [1.54, 1.807) is 12.1 Å². The number of sulfonamides is 1. The predicted octanol–water partition coefficient (Wildman–Crippen LogP) is 6.97. The van der Waals surface area contributed by atoms with E-state index in [9.17, 15) is 8.42 Å². The number of unbranched alkanes of at least 4 members (excludes halogenated alkanes) is 15. The van der Waals surface area contributed by atoms with Crippen molar-refractivity contribution in [2.45, 2.75) is 115 Å². The second-order valence-electron chi connectivity index (χ2n) is 8.17. The van der Waals surface area contributed by atoms with Crippen molar-refractivity contribution in [1.29, 1.82) is 0 Å². The lowest BCUT2D eigenvalue weighted by Gasteiger charge is -2.07. The fourth-order valence-corrected chi connectivity index (χ4v) is 4.08. The van der Waals surface area contributed by atoms with E-state index in [1.165, 1.54) is 108 Å². The smallest absolute Gasteiger partial charge is 0.238 e. The molecule has 29 heavy (non-hydrogen) atoms. The minimum absolute atomic E-state index is 0.118. The van der Waals surface area contributed by atoms with E-state index in [4.69, 9.17) is 9.88 Å². The first-order valence-corrected chi connectivity index (χ1v) is 13.3. The van der Waals surface area contributed by atoms with Gasteiger partial charge >= 0.3 is 0 Å². The van der Waals surface area contributed by atoms with Crippen LogP contribution in [0.5, 0.6) is 5.75 Å². The second-order valence-corrected chi connectivity index (χ2v) is 9.73. The highest BCUT2D eigenvalue weighted by Gasteiger charge is 2.06.